The van der Waals surface area contributed by atoms with Crippen LogP contribution in [0, 0.1) is 0 Å². The van der Waals surface area contributed by atoms with E-state index in [-0.39, 0.29) is 49.1 Å². The van der Waals surface area contributed by atoms with E-state index in [1.165, 1.54) is 4.90 Å². The Labute approximate surface area is 182 Å². The molecule has 2 aromatic rings. The van der Waals surface area contributed by atoms with E-state index in [0.29, 0.717) is 17.7 Å². The molecule has 1 fully saturated rings. The summed E-state index contributed by atoms with van der Waals surface area (Å²) in [6.45, 7) is 4.49. The van der Waals surface area contributed by atoms with Gasteiger partial charge in [0.25, 0.3) is 11.8 Å². The summed E-state index contributed by atoms with van der Waals surface area (Å²) < 4.78 is 0. The molecule has 31 heavy (non-hydrogen) atoms. The van der Waals surface area contributed by atoms with Crippen molar-refractivity contribution < 1.29 is 19.2 Å². The number of likely N-dealkylation sites (tertiary alicyclic amines) is 1. The molecule has 2 aromatic carbocycles. The molecule has 4 amide bonds. The molecular formula is C24H27N3O4. The van der Waals surface area contributed by atoms with Crippen molar-refractivity contribution in [2.45, 2.75) is 45.8 Å². The minimum atomic E-state index is -0.223. The smallest absolute Gasteiger partial charge is 0.253 e. The van der Waals surface area contributed by atoms with Gasteiger partial charge in [0.2, 0.25) is 11.8 Å². The van der Waals surface area contributed by atoms with Crippen molar-refractivity contribution in [3.8, 4) is 0 Å². The molecule has 0 saturated carbocycles. The highest BCUT2D eigenvalue weighted by Gasteiger charge is 2.28. The van der Waals surface area contributed by atoms with Crippen LogP contribution in [-0.4, -0.2) is 46.5 Å². The first-order chi connectivity index (χ1) is 14.8. The van der Waals surface area contributed by atoms with Crippen LogP contribution < -0.4 is 5.32 Å². The van der Waals surface area contributed by atoms with Crippen molar-refractivity contribution in [2.24, 2.45) is 0 Å². The number of carbonyl (C=O) groups is 4. The van der Waals surface area contributed by atoms with E-state index in [4.69, 9.17) is 0 Å². The van der Waals surface area contributed by atoms with Crippen LogP contribution >= 0.6 is 0 Å². The fourth-order valence-electron chi connectivity index (χ4n) is 3.23. The van der Waals surface area contributed by atoms with Crippen LogP contribution in [-0.2, 0) is 22.7 Å². The van der Waals surface area contributed by atoms with Gasteiger partial charge >= 0.3 is 0 Å². The zero-order valence-electron chi connectivity index (χ0n) is 18.1. The zero-order chi connectivity index (χ0) is 22.5. The molecule has 0 aromatic heterocycles. The van der Waals surface area contributed by atoms with Crippen molar-refractivity contribution >= 4 is 23.6 Å². The van der Waals surface area contributed by atoms with Crippen LogP contribution in [0.1, 0.15) is 58.5 Å². The van der Waals surface area contributed by atoms with Crippen molar-refractivity contribution in [3.05, 3.63) is 70.8 Å². The minimum absolute atomic E-state index is 0.0389. The summed E-state index contributed by atoms with van der Waals surface area (Å²) in [5, 5.41) is 2.86. The Morgan fingerprint density at radius 1 is 0.903 bits per heavy atom. The predicted octanol–water partition coefficient (Wildman–Crippen LogP) is 2.75. The summed E-state index contributed by atoms with van der Waals surface area (Å²) in [4.78, 5) is 51.1. The van der Waals surface area contributed by atoms with E-state index in [1.807, 2.05) is 26.0 Å². The summed E-state index contributed by atoms with van der Waals surface area (Å²) >= 11 is 0. The molecule has 0 atom stereocenters. The monoisotopic (exact) mass is 421 g/mol. The van der Waals surface area contributed by atoms with Gasteiger partial charge in [-0.15, -0.1) is 0 Å². The van der Waals surface area contributed by atoms with Crippen LogP contribution in [0.2, 0.25) is 0 Å². The molecule has 3 rings (SSSR count). The van der Waals surface area contributed by atoms with Crippen LogP contribution in [0.15, 0.2) is 48.5 Å². The number of imide groups is 1. The quantitative estimate of drug-likeness (QED) is 0.697. The molecule has 0 aliphatic carbocycles. The standard InChI is InChI=1S/C24H27N3O4/c1-16(2)26(3)24(31)20-10-4-17(5-11-20)14-25-23(30)19-8-6-18(7-9-19)15-27-21(28)12-13-22(27)29/h4-11,16H,12-15H2,1-3H3,(H,25,30). The Morgan fingerprint density at radius 3 is 1.97 bits per heavy atom. The Balaban J connectivity index is 1.54. The Morgan fingerprint density at radius 2 is 1.42 bits per heavy atom. The van der Waals surface area contributed by atoms with Gasteiger partial charge < -0.3 is 10.2 Å². The summed E-state index contributed by atoms with van der Waals surface area (Å²) in [6.07, 6.45) is 0.534. The average Bonchev–Trinajstić information content (AvgIpc) is 3.09. The van der Waals surface area contributed by atoms with Crippen LogP contribution in [0.5, 0.6) is 0 Å². The van der Waals surface area contributed by atoms with Crippen LogP contribution in [0.25, 0.3) is 0 Å². The molecule has 1 N–H and O–H groups in total. The lowest BCUT2D eigenvalue weighted by atomic mass is 10.1. The van der Waals surface area contributed by atoms with E-state index >= 15 is 0 Å². The van der Waals surface area contributed by atoms with Gasteiger partial charge in [0.15, 0.2) is 0 Å². The summed E-state index contributed by atoms with van der Waals surface area (Å²) in [5.41, 5.74) is 2.79. The van der Waals surface area contributed by atoms with Gasteiger partial charge in [-0.25, -0.2) is 0 Å². The molecule has 0 radical (unpaired) electrons. The highest BCUT2D eigenvalue weighted by molar-refractivity contribution is 6.01. The molecule has 0 spiro atoms. The molecule has 7 nitrogen and oxygen atoms in total. The van der Waals surface area contributed by atoms with Crippen molar-refractivity contribution in [2.75, 3.05) is 7.05 Å². The fraction of sp³-hybridized carbons (Fsp3) is 0.333. The lowest BCUT2D eigenvalue weighted by Gasteiger charge is -2.21. The second-order valence-corrected chi connectivity index (χ2v) is 7.96. The number of amides is 4. The number of hydrogen-bond acceptors (Lipinski definition) is 4. The average molecular weight is 421 g/mol. The number of carbonyl (C=O) groups excluding carboxylic acids is 4. The third kappa shape index (κ3) is 5.36. The molecule has 1 aliphatic rings. The lowest BCUT2D eigenvalue weighted by molar-refractivity contribution is -0.139. The molecular weight excluding hydrogens is 394 g/mol. The van der Waals surface area contributed by atoms with E-state index in [9.17, 15) is 19.2 Å². The molecule has 0 bridgehead atoms. The van der Waals surface area contributed by atoms with E-state index < -0.39 is 0 Å². The van der Waals surface area contributed by atoms with Gasteiger partial charge in [0, 0.05) is 43.6 Å². The fourth-order valence-corrected chi connectivity index (χ4v) is 3.23. The Hall–Kier alpha value is -3.48. The maximum atomic E-state index is 12.4. The van der Waals surface area contributed by atoms with Gasteiger partial charge in [-0.1, -0.05) is 24.3 Å². The predicted molar refractivity (Wildman–Crippen MR) is 116 cm³/mol. The third-order valence-corrected chi connectivity index (χ3v) is 5.46. The van der Waals surface area contributed by atoms with Crippen molar-refractivity contribution in [1.29, 1.82) is 0 Å². The summed E-state index contributed by atoms with van der Waals surface area (Å²) in [7, 11) is 1.77. The first-order valence-electron chi connectivity index (χ1n) is 10.3. The minimum Gasteiger partial charge on any atom is -0.348 e. The number of hydrogen-bond donors (Lipinski definition) is 1. The molecule has 162 valence electrons. The normalized spacial score (nSPS) is 13.6. The maximum absolute atomic E-state index is 12.4. The summed E-state index contributed by atoms with van der Waals surface area (Å²) in [5.74, 6) is -0.576. The first-order valence-corrected chi connectivity index (χ1v) is 10.3. The van der Waals surface area contributed by atoms with Crippen molar-refractivity contribution in [3.63, 3.8) is 0 Å². The third-order valence-electron chi connectivity index (χ3n) is 5.46. The van der Waals surface area contributed by atoms with E-state index in [2.05, 4.69) is 5.32 Å². The number of nitrogens with one attached hydrogen (secondary N) is 1. The maximum Gasteiger partial charge on any atom is 0.253 e. The molecule has 1 saturated heterocycles. The van der Waals surface area contributed by atoms with E-state index in [0.717, 1.165) is 11.1 Å². The Bertz CT molecular complexity index is 965. The van der Waals surface area contributed by atoms with Gasteiger partial charge in [-0.2, -0.15) is 0 Å². The molecule has 1 heterocycles. The van der Waals surface area contributed by atoms with Crippen molar-refractivity contribution in [1.82, 2.24) is 15.1 Å². The second-order valence-electron chi connectivity index (χ2n) is 7.96. The van der Waals surface area contributed by atoms with Gasteiger partial charge in [-0.3, -0.25) is 24.1 Å². The van der Waals surface area contributed by atoms with Gasteiger partial charge in [0.05, 0.1) is 6.54 Å². The van der Waals surface area contributed by atoms with E-state index in [1.54, 1.807) is 48.3 Å². The highest BCUT2D eigenvalue weighted by atomic mass is 16.2. The van der Waals surface area contributed by atoms with Crippen LogP contribution in [0.3, 0.4) is 0 Å². The number of nitrogens with zero attached hydrogens (tertiary/aromatic N) is 2. The Kier molecular flexibility index (Phi) is 6.84. The zero-order valence-corrected chi connectivity index (χ0v) is 18.1. The summed E-state index contributed by atoms with van der Waals surface area (Å²) in [6, 6.07) is 14.2. The topological polar surface area (TPSA) is 86.8 Å². The second kappa shape index (κ2) is 9.55. The first kappa shape index (κ1) is 22.2. The van der Waals surface area contributed by atoms with Crippen LogP contribution in [0.4, 0.5) is 0 Å². The number of benzene rings is 2. The van der Waals surface area contributed by atoms with Gasteiger partial charge in [0.1, 0.15) is 0 Å². The molecule has 7 heteroatoms. The lowest BCUT2D eigenvalue weighted by Crippen LogP contribution is -2.32. The molecule has 0 unspecified atom stereocenters. The van der Waals surface area contributed by atoms with Gasteiger partial charge in [-0.05, 0) is 49.2 Å². The molecule has 1 aliphatic heterocycles. The number of rotatable bonds is 7. The highest BCUT2D eigenvalue weighted by Crippen LogP contribution is 2.16. The SMILES string of the molecule is CC(C)N(C)C(=O)c1ccc(CNC(=O)c2ccc(CN3C(=O)CCC3=O)cc2)cc1. The largest absolute Gasteiger partial charge is 0.348 e.